The van der Waals surface area contributed by atoms with Gasteiger partial charge in [-0.15, -0.1) is 12.4 Å². The van der Waals surface area contributed by atoms with E-state index in [2.05, 4.69) is 16.4 Å². The van der Waals surface area contributed by atoms with Crippen molar-refractivity contribution < 1.29 is 9.47 Å². The van der Waals surface area contributed by atoms with Crippen LogP contribution in [0.1, 0.15) is 18.1 Å². The molecule has 0 fully saturated rings. The van der Waals surface area contributed by atoms with E-state index in [0.717, 1.165) is 35.7 Å². The number of hydrogen-bond acceptors (Lipinski definition) is 4. The number of halogens is 1. The van der Waals surface area contributed by atoms with Crippen molar-refractivity contribution in [3.05, 3.63) is 53.9 Å². The van der Waals surface area contributed by atoms with E-state index in [-0.39, 0.29) is 12.4 Å². The van der Waals surface area contributed by atoms with Crippen LogP contribution >= 0.6 is 12.4 Å². The lowest BCUT2D eigenvalue weighted by atomic mass is 10.1. The number of nitrogens with one attached hydrogen (secondary N) is 1. The van der Waals surface area contributed by atoms with Gasteiger partial charge in [0.1, 0.15) is 0 Å². The molecule has 5 heteroatoms. The molecule has 21 heavy (non-hydrogen) atoms. The van der Waals surface area contributed by atoms with Gasteiger partial charge in [-0.1, -0.05) is 18.2 Å². The van der Waals surface area contributed by atoms with Gasteiger partial charge in [0.15, 0.2) is 11.5 Å². The Hall–Kier alpha value is -1.78. The van der Waals surface area contributed by atoms with Crippen molar-refractivity contribution in [2.45, 2.75) is 20.0 Å². The number of rotatable bonds is 7. The van der Waals surface area contributed by atoms with E-state index in [9.17, 15) is 0 Å². The second kappa shape index (κ2) is 9.21. The largest absolute Gasteiger partial charge is 0.493 e. The normalized spacial score (nSPS) is 9.81. The first-order chi connectivity index (χ1) is 9.85. The van der Waals surface area contributed by atoms with Crippen LogP contribution in [-0.4, -0.2) is 18.7 Å². The first-order valence-corrected chi connectivity index (χ1v) is 6.73. The highest BCUT2D eigenvalue weighted by Gasteiger charge is 2.09. The van der Waals surface area contributed by atoms with Crippen LogP contribution in [-0.2, 0) is 13.1 Å². The van der Waals surface area contributed by atoms with E-state index in [1.807, 2.05) is 37.4 Å². The van der Waals surface area contributed by atoms with Crippen molar-refractivity contribution in [3.8, 4) is 11.5 Å². The summed E-state index contributed by atoms with van der Waals surface area (Å²) in [4.78, 5) is 4.10. The van der Waals surface area contributed by atoms with Gasteiger partial charge >= 0.3 is 0 Å². The van der Waals surface area contributed by atoms with E-state index in [1.54, 1.807) is 13.3 Å². The smallest absolute Gasteiger partial charge is 0.165 e. The van der Waals surface area contributed by atoms with Crippen LogP contribution in [0.25, 0.3) is 0 Å². The Morgan fingerprint density at radius 1 is 1.14 bits per heavy atom. The van der Waals surface area contributed by atoms with Crippen molar-refractivity contribution in [1.29, 1.82) is 0 Å². The van der Waals surface area contributed by atoms with E-state index in [4.69, 9.17) is 9.47 Å². The predicted molar refractivity (Wildman–Crippen MR) is 86.2 cm³/mol. The van der Waals surface area contributed by atoms with Gasteiger partial charge in [-0.25, -0.2) is 0 Å². The lowest BCUT2D eigenvalue weighted by Gasteiger charge is -2.14. The maximum Gasteiger partial charge on any atom is 0.165 e. The van der Waals surface area contributed by atoms with Crippen LogP contribution in [0, 0.1) is 0 Å². The topological polar surface area (TPSA) is 43.4 Å². The summed E-state index contributed by atoms with van der Waals surface area (Å²) in [5.74, 6) is 1.59. The molecule has 1 heterocycles. The van der Waals surface area contributed by atoms with Gasteiger partial charge in [0.2, 0.25) is 0 Å². The lowest BCUT2D eigenvalue weighted by molar-refractivity contribution is 0.306. The molecule has 2 rings (SSSR count). The van der Waals surface area contributed by atoms with Gasteiger partial charge in [0, 0.05) is 31.0 Å². The highest BCUT2D eigenvalue weighted by molar-refractivity contribution is 5.85. The molecular weight excluding hydrogens is 288 g/mol. The maximum absolute atomic E-state index is 5.68. The standard InChI is InChI=1S/C16H20N2O2.ClH/c1-3-20-16-14(7-4-8-15(16)19-2)12-18-11-13-6-5-9-17-10-13;/h4-10,18H,3,11-12H2,1-2H3;1H. The Balaban J connectivity index is 0.00000220. The molecule has 0 spiro atoms. The van der Waals surface area contributed by atoms with Gasteiger partial charge in [-0.2, -0.15) is 0 Å². The molecule has 0 radical (unpaired) electrons. The molecular formula is C16H21ClN2O2. The number of aromatic nitrogens is 1. The Labute approximate surface area is 131 Å². The number of nitrogens with zero attached hydrogens (tertiary/aromatic N) is 1. The van der Waals surface area contributed by atoms with E-state index in [1.165, 1.54) is 0 Å². The summed E-state index contributed by atoms with van der Waals surface area (Å²) in [5, 5.41) is 3.39. The molecule has 0 aliphatic heterocycles. The monoisotopic (exact) mass is 308 g/mol. The second-order valence-electron chi connectivity index (χ2n) is 4.35. The Morgan fingerprint density at radius 2 is 2.00 bits per heavy atom. The molecule has 4 nitrogen and oxygen atoms in total. The first kappa shape index (κ1) is 17.3. The molecule has 0 saturated carbocycles. The fraction of sp³-hybridized carbons (Fsp3) is 0.312. The molecule has 0 amide bonds. The maximum atomic E-state index is 5.68. The zero-order valence-electron chi connectivity index (χ0n) is 12.3. The molecule has 114 valence electrons. The fourth-order valence-corrected chi connectivity index (χ4v) is 2.01. The highest BCUT2D eigenvalue weighted by atomic mass is 35.5. The van der Waals surface area contributed by atoms with Crippen LogP contribution in [0.15, 0.2) is 42.7 Å². The molecule has 1 aromatic heterocycles. The summed E-state index contributed by atoms with van der Waals surface area (Å²) in [6.45, 7) is 4.09. The van der Waals surface area contributed by atoms with Crippen molar-refractivity contribution in [3.63, 3.8) is 0 Å². The van der Waals surface area contributed by atoms with E-state index < -0.39 is 0 Å². The number of benzene rings is 1. The molecule has 0 bridgehead atoms. The minimum absolute atomic E-state index is 0. The van der Waals surface area contributed by atoms with Gasteiger partial charge in [-0.05, 0) is 24.6 Å². The van der Waals surface area contributed by atoms with Crippen LogP contribution in [0.5, 0.6) is 11.5 Å². The summed E-state index contributed by atoms with van der Waals surface area (Å²) in [5.41, 5.74) is 2.25. The van der Waals surface area contributed by atoms with Crippen LogP contribution < -0.4 is 14.8 Å². The van der Waals surface area contributed by atoms with Gasteiger partial charge in [0.05, 0.1) is 13.7 Å². The lowest BCUT2D eigenvalue weighted by Crippen LogP contribution is -2.14. The van der Waals surface area contributed by atoms with Crippen LogP contribution in [0.2, 0.25) is 0 Å². The number of methoxy groups -OCH3 is 1. The Bertz CT molecular complexity index is 535. The number of ether oxygens (including phenoxy) is 2. The third kappa shape index (κ3) is 4.92. The minimum atomic E-state index is 0. The SMILES string of the molecule is CCOc1c(CNCc2cccnc2)cccc1OC.Cl. The first-order valence-electron chi connectivity index (χ1n) is 6.73. The van der Waals surface area contributed by atoms with Crippen LogP contribution in [0.4, 0.5) is 0 Å². The fourth-order valence-electron chi connectivity index (χ4n) is 2.01. The summed E-state index contributed by atoms with van der Waals surface area (Å²) >= 11 is 0. The predicted octanol–water partition coefficient (Wildman–Crippen LogP) is 3.20. The van der Waals surface area contributed by atoms with Crippen molar-refractivity contribution >= 4 is 12.4 Å². The van der Waals surface area contributed by atoms with Crippen molar-refractivity contribution in [1.82, 2.24) is 10.3 Å². The molecule has 0 atom stereocenters. The third-order valence-electron chi connectivity index (χ3n) is 2.94. The van der Waals surface area contributed by atoms with Crippen molar-refractivity contribution in [2.24, 2.45) is 0 Å². The quantitative estimate of drug-likeness (QED) is 0.853. The number of hydrogen-bond donors (Lipinski definition) is 1. The second-order valence-corrected chi connectivity index (χ2v) is 4.35. The highest BCUT2D eigenvalue weighted by Crippen LogP contribution is 2.30. The van der Waals surface area contributed by atoms with Gasteiger partial charge in [0.25, 0.3) is 0 Å². The summed E-state index contributed by atoms with van der Waals surface area (Å²) in [6.07, 6.45) is 3.64. The summed E-state index contributed by atoms with van der Waals surface area (Å²) in [6, 6.07) is 9.92. The Kier molecular flexibility index (Phi) is 7.58. The van der Waals surface area contributed by atoms with Crippen molar-refractivity contribution in [2.75, 3.05) is 13.7 Å². The minimum Gasteiger partial charge on any atom is -0.493 e. The molecule has 0 aliphatic rings. The Morgan fingerprint density at radius 3 is 2.67 bits per heavy atom. The molecule has 0 unspecified atom stereocenters. The molecule has 1 N–H and O–H groups in total. The summed E-state index contributed by atoms with van der Waals surface area (Å²) in [7, 11) is 1.66. The summed E-state index contributed by atoms with van der Waals surface area (Å²) < 4.78 is 11.0. The number of pyridine rings is 1. The molecule has 0 saturated heterocycles. The van der Waals surface area contributed by atoms with E-state index in [0.29, 0.717) is 6.61 Å². The molecule has 2 aromatic rings. The average Bonchev–Trinajstić information content (AvgIpc) is 2.50. The average molecular weight is 309 g/mol. The van der Waals surface area contributed by atoms with Crippen LogP contribution in [0.3, 0.4) is 0 Å². The number of para-hydroxylation sites is 1. The van der Waals surface area contributed by atoms with E-state index >= 15 is 0 Å². The molecule has 0 aliphatic carbocycles. The van der Waals surface area contributed by atoms with Gasteiger partial charge in [-0.3, -0.25) is 4.98 Å². The molecule has 1 aromatic carbocycles. The third-order valence-corrected chi connectivity index (χ3v) is 2.94. The van der Waals surface area contributed by atoms with Gasteiger partial charge < -0.3 is 14.8 Å². The zero-order valence-corrected chi connectivity index (χ0v) is 13.2. The zero-order chi connectivity index (χ0) is 14.2.